The fraction of sp³-hybridized carbons (Fsp3) is 0.182. The molecule has 0 aliphatic heterocycles. The van der Waals surface area contributed by atoms with Crippen molar-refractivity contribution < 1.29 is 9.21 Å². The Bertz CT molecular complexity index is 1330. The molecule has 0 radical (unpaired) electrons. The van der Waals surface area contributed by atoms with Crippen molar-refractivity contribution in [1.82, 2.24) is 15.0 Å². The van der Waals surface area contributed by atoms with E-state index in [1.807, 2.05) is 25.1 Å². The van der Waals surface area contributed by atoms with E-state index in [2.05, 4.69) is 27.0 Å². The number of hydrazone groups is 1. The van der Waals surface area contributed by atoms with E-state index in [0.29, 0.717) is 22.4 Å². The summed E-state index contributed by atoms with van der Waals surface area (Å²) in [6.45, 7) is 6.45. The minimum absolute atomic E-state index is 0.303. The topological polar surface area (TPSA) is 89.5 Å². The van der Waals surface area contributed by atoms with E-state index in [1.54, 1.807) is 37.3 Å². The average molecular weight is 388 g/mol. The molecule has 1 N–H and O–H groups in total. The van der Waals surface area contributed by atoms with E-state index >= 15 is 0 Å². The first-order valence-electron chi connectivity index (χ1n) is 9.32. The molecule has 2 aromatic heterocycles. The van der Waals surface area contributed by atoms with E-state index in [0.717, 1.165) is 28.8 Å². The SMILES string of the molecule is CCn1c(C)nc2cc(C(=O)N/N=C(/C)c3cc4ccccc4oc3=O)ccc21. The molecule has 0 saturated heterocycles. The van der Waals surface area contributed by atoms with E-state index in [-0.39, 0.29) is 5.91 Å². The fourth-order valence-corrected chi connectivity index (χ4v) is 3.36. The molecule has 4 rings (SSSR count). The molecule has 2 aromatic carbocycles. The number of benzene rings is 2. The van der Waals surface area contributed by atoms with Crippen LogP contribution in [-0.4, -0.2) is 21.2 Å². The molecule has 0 saturated carbocycles. The lowest BCUT2D eigenvalue weighted by molar-refractivity contribution is 0.0955. The lowest BCUT2D eigenvalue weighted by Gasteiger charge is -2.05. The first kappa shape index (κ1) is 18.6. The molecular weight excluding hydrogens is 368 g/mol. The van der Waals surface area contributed by atoms with Crippen molar-refractivity contribution in [3.05, 3.63) is 75.9 Å². The lowest BCUT2D eigenvalue weighted by atomic mass is 10.1. The standard InChI is InChI=1S/C22H20N4O3/c1-4-26-14(3)23-18-12-16(9-10-19(18)26)21(27)25-24-13(2)17-11-15-7-5-6-8-20(15)29-22(17)28/h5-12H,4H2,1-3H3,(H,25,27)/b24-13-. The number of nitrogens with zero attached hydrogens (tertiary/aromatic N) is 3. The van der Waals surface area contributed by atoms with Gasteiger partial charge in [-0.15, -0.1) is 0 Å². The van der Waals surface area contributed by atoms with Gasteiger partial charge in [0.05, 0.1) is 22.3 Å². The van der Waals surface area contributed by atoms with Gasteiger partial charge in [-0.1, -0.05) is 18.2 Å². The molecule has 1 amide bonds. The molecule has 0 fully saturated rings. The number of amides is 1. The van der Waals surface area contributed by atoms with Crippen LogP contribution in [0.25, 0.3) is 22.0 Å². The van der Waals surface area contributed by atoms with Crippen LogP contribution in [0.4, 0.5) is 0 Å². The molecular formula is C22H20N4O3. The van der Waals surface area contributed by atoms with Gasteiger partial charge >= 0.3 is 5.63 Å². The van der Waals surface area contributed by atoms with Crippen LogP contribution in [0.5, 0.6) is 0 Å². The second-order valence-corrected chi connectivity index (χ2v) is 6.73. The highest BCUT2D eigenvalue weighted by atomic mass is 16.4. The molecule has 0 aliphatic carbocycles. The Hall–Kier alpha value is -3.74. The van der Waals surface area contributed by atoms with Crippen LogP contribution in [0, 0.1) is 6.92 Å². The Balaban J connectivity index is 1.60. The number of aromatic nitrogens is 2. The largest absolute Gasteiger partial charge is 0.422 e. The number of para-hydroxylation sites is 1. The second-order valence-electron chi connectivity index (χ2n) is 6.73. The van der Waals surface area contributed by atoms with Crippen LogP contribution in [0.15, 0.2) is 62.8 Å². The van der Waals surface area contributed by atoms with Crippen LogP contribution in [0.2, 0.25) is 0 Å². The first-order valence-corrected chi connectivity index (χ1v) is 9.32. The van der Waals surface area contributed by atoms with Crippen molar-refractivity contribution in [3.8, 4) is 0 Å². The summed E-state index contributed by atoms with van der Waals surface area (Å²) in [5.74, 6) is 0.525. The van der Waals surface area contributed by atoms with Gasteiger partial charge in [0.15, 0.2) is 0 Å². The minimum Gasteiger partial charge on any atom is -0.422 e. The summed E-state index contributed by atoms with van der Waals surface area (Å²) < 4.78 is 7.40. The summed E-state index contributed by atoms with van der Waals surface area (Å²) in [4.78, 5) is 29.3. The van der Waals surface area contributed by atoms with E-state index in [9.17, 15) is 9.59 Å². The maximum Gasteiger partial charge on any atom is 0.345 e. The highest BCUT2D eigenvalue weighted by Crippen LogP contribution is 2.18. The molecule has 29 heavy (non-hydrogen) atoms. The summed E-state index contributed by atoms with van der Waals surface area (Å²) in [6, 6.07) is 14.3. The molecule has 0 bridgehead atoms. The van der Waals surface area contributed by atoms with E-state index in [1.165, 1.54) is 0 Å². The zero-order valence-corrected chi connectivity index (χ0v) is 16.4. The normalized spacial score (nSPS) is 11.9. The third-order valence-electron chi connectivity index (χ3n) is 4.87. The molecule has 2 heterocycles. The van der Waals surface area contributed by atoms with Crippen molar-refractivity contribution in [2.75, 3.05) is 0 Å². The number of hydrogen-bond acceptors (Lipinski definition) is 5. The van der Waals surface area contributed by atoms with Gasteiger partial charge in [0.1, 0.15) is 11.4 Å². The van der Waals surface area contributed by atoms with Gasteiger partial charge in [-0.3, -0.25) is 4.79 Å². The average Bonchev–Trinajstić information content (AvgIpc) is 3.05. The third-order valence-corrected chi connectivity index (χ3v) is 4.87. The minimum atomic E-state index is -0.499. The van der Waals surface area contributed by atoms with E-state index in [4.69, 9.17) is 4.42 Å². The number of nitrogens with one attached hydrogen (secondary N) is 1. The fourth-order valence-electron chi connectivity index (χ4n) is 3.36. The lowest BCUT2D eigenvalue weighted by Crippen LogP contribution is -2.21. The molecule has 0 atom stereocenters. The van der Waals surface area contributed by atoms with Gasteiger partial charge in [-0.25, -0.2) is 15.2 Å². The van der Waals surface area contributed by atoms with Crippen molar-refractivity contribution >= 4 is 33.6 Å². The predicted octanol–water partition coefficient (Wildman–Crippen LogP) is 3.63. The highest BCUT2D eigenvalue weighted by molar-refractivity contribution is 6.02. The van der Waals surface area contributed by atoms with E-state index < -0.39 is 5.63 Å². The van der Waals surface area contributed by atoms with Gasteiger partial charge < -0.3 is 8.98 Å². The van der Waals surface area contributed by atoms with Gasteiger partial charge in [0.2, 0.25) is 0 Å². The monoisotopic (exact) mass is 388 g/mol. The summed E-state index contributed by atoms with van der Waals surface area (Å²) >= 11 is 0. The van der Waals surface area contributed by atoms with Gasteiger partial charge in [0, 0.05) is 17.5 Å². The summed E-state index contributed by atoms with van der Waals surface area (Å²) in [7, 11) is 0. The second kappa shape index (κ2) is 7.35. The van der Waals surface area contributed by atoms with Crippen LogP contribution in [0.3, 0.4) is 0 Å². The molecule has 146 valence electrons. The zero-order valence-electron chi connectivity index (χ0n) is 16.4. The quantitative estimate of drug-likeness (QED) is 0.328. The molecule has 0 aliphatic rings. The maximum absolute atomic E-state index is 12.5. The van der Waals surface area contributed by atoms with Crippen molar-refractivity contribution in [2.24, 2.45) is 5.10 Å². The Morgan fingerprint density at radius 1 is 1.21 bits per heavy atom. The molecule has 0 unspecified atom stereocenters. The summed E-state index contributed by atoms with van der Waals surface area (Å²) in [6.07, 6.45) is 0. The maximum atomic E-state index is 12.5. The Labute approximate surface area is 166 Å². The number of carbonyl (C=O) groups excluding carboxylic acids is 1. The van der Waals surface area contributed by atoms with Gasteiger partial charge in [0.25, 0.3) is 5.91 Å². The van der Waals surface area contributed by atoms with Crippen molar-refractivity contribution in [2.45, 2.75) is 27.3 Å². The number of carbonyl (C=O) groups is 1. The molecule has 7 nitrogen and oxygen atoms in total. The van der Waals surface area contributed by atoms with Gasteiger partial charge in [-0.2, -0.15) is 5.10 Å². The predicted molar refractivity (Wildman–Crippen MR) is 112 cm³/mol. The zero-order chi connectivity index (χ0) is 20.5. The smallest absolute Gasteiger partial charge is 0.345 e. The highest BCUT2D eigenvalue weighted by Gasteiger charge is 2.12. The first-order chi connectivity index (χ1) is 14.0. The Morgan fingerprint density at radius 2 is 2.00 bits per heavy atom. The van der Waals surface area contributed by atoms with Crippen molar-refractivity contribution in [1.29, 1.82) is 0 Å². The number of rotatable bonds is 4. The third kappa shape index (κ3) is 3.42. The summed E-state index contributed by atoms with van der Waals surface area (Å²) in [5, 5.41) is 4.88. The van der Waals surface area contributed by atoms with Crippen LogP contribution in [0.1, 0.15) is 35.6 Å². The Kier molecular flexibility index (Phi) is 4.72. The van der Waals surface area contributed by atoms with Gasteiger partial charge in [-0.05, 0) is 51.1 Å². The molecule has 0 spiro atoms. The number of imidazole rings is 1. The number of aryl methyl sites for hydroxylation is 2. The number of fused-ring (bicyclic) bond motifs is 2. The number of hydrogen-bond donors (Lipinski definition) is 1. The van der Waals surface area contributed by atoms with Crippen LogP contribution in [-0.2, 0) is 6.54 Å². The summed E-state index contributed by atoms with van der Waals surface area (Å²) in [5.41, 5.74) is 5.37. The molecule has 7 heteroatoms. The van der Waals surface area contributed by atoms with Crippen molar-refractivity contribution in [3.63, 3.8) is 0 Å². The Morgan fingerprint density at radius 3 is 2.79 bits per heavy atom. The van der Waals surface area contributed by atoms with Crippen LogP contribution < -0.4 is 11.1 Å². The molecule has 4 aromatic rings. The van der Waals surface area contributed by atoms with Crippen LogP contribution >= 0.6 is 0 Å².